The first kappa shape index (κ1) is 43.6. The van der Waals surface area contributed by atoms with Crippen molar-refractivity contribution in [3.8, 4) is 22.3 Å². The second kappa shape index (κ2) is 17.9. The average Bonchev–Trinajstić information content (AvgIpc) is 3.52. The van der Waals surface area contributed by atoms with Crippen molar-refractivity contribution in [3.05, 3.63) is 291 Å². The molecular weight excluding hydrogens is 917 g/mol. The molecule has 0 N–H and O–H groups in total. The van der Waals surface area contributed by atoms with Gasteiger partial charge in [0.15, 0.2) is 0 Å². The van der Waals surface area contributed by atoms with Crippen molar-refractivity contribution in [1.29, 1.82) is 0 Å². The molecule has 0 bridgehead atoms. The van der Waals surface area contributed by atoms with Gasteiger partial charge in [0, 0.05) is 33.5 Å². The monoisotopic (exact) mass is 964 g/mol. The molecule has 0 fully saturated rings. The highest BCUT2D eigenvalue weighted by molar-refractivity contribution is 6.29. The summed E-state index contributed by atoms with van der Waals surface area (Å²) in [6.07, 6.45) is 0. The van der Waals surface area contributed by atoms with Crippen LogP contribution in [-0.4, -0.2) is 0 Å². The molecule has 0 saturated carbocycles. The van der Waals surface area contributed by atoms with Gasteiger partial charge in [-0.15, -0.1) is 0 Å². The van der Waals surface area contributed by atoms with Gasteiger partial charge in [-0.1, -0.05) is 218 Å². The van der Waals surface area contributed by atoms with E-state index in [1.807, 2.05) is 0 Å². The van der Waals surface area contributed by atoms with Gasteiger partial charge in [0.2, 0.25) is 0 Å². The van der Waals surface area contributed by atoms with E-state index in [1.54, 1.807) is 0 Å². The van der Waals surface area contributed by atoms with Gasteiger partial charge < -0.3 is 9.80 Å². The van der Waals surface area contributed by atoms with Gasteiger partial charge >= 0.3 is 0 Å². The van der Waals surface area contributed by atoms with Gasteiger partial charge in [0.1, 0.15) is 0 Å². The van der Waals surface area contributed by atoms with Gasteiger partial charge in [-0.3, -0.25) is 0 Å². The molecule has 0 heterocycles. The molecule has 15 aromatic carbocycles. The SMILES string of the molecule is c1ccc(N(c2ccc3c(-c4cc5ccccc5c5ccccc45)c4cc(N(c5ccccc5)c5cccc6ccccc56)ccc4c(-c4cc5ccccc5c5ccccc45)c3c2)c2cccc3ccccc23)cc1. The first-order valence-electron chi connectivity index (χ1n) is 26.2. The summed E-state index contributed by atoms with van der Waals surface area (Å²) < 4.78 is 0. The summed E-state index contributed by atoms with van der Waals surface area (Å²) in [5.41, 5.74) is 11.4. The smallest absolute Gasteiger partial charge is 0.0540 e. The molecule has 0 aliphatic carbocycles. The van der Waals surface area contributed by atoms with Gasteiger partial charge in [0.05, 0.1) is 11.4 Å². The minimum absolute atomic E-state index is 1.08. The van der Waals surface area contributed by atoms with Gasteiger partial charge in [-0.05, 0) is 170 Å². The van der Waals surface area contributed by atoms with Crippen LogP contribution in [0.2, 0.25) is 0 Å². The highest BCUT2D eigenvalue weighted by Gasteiger charge is 2.25. The molecule has 0 amide bonds. The van der Waals surface area contributed by atoms with Crippen molar-refractivity contribution >= 4 is 120 Å². The van der Waals surface area contributed by atoms with Crippen molar-refractivity contribution in [2.75, 3.05) is 9.80 Å². The largest absolute Gasteiger partial charge is 0.310 e. The number of para-hydroxylation sites is 2. The molecule has 354 valence electrons. The third kappa shape index (κ3) is 7.03. The van der Waals surface area contributed by atoms with E-state index in [9.17, 15) is 0 Å². The Bertz CT molecular complexity index is 4460. The van der Waals surface area contributed by atoms with Gasteiger partial charge in [-0.25, -0.2) is 0 Å². The molecule has 76 heavy (non-hydrogen) atoms. The fourth-order valence-corrected chi connectivity index (χ4v) is 12.4. The van der Waals surface area contributed by atoms with Crippen LogP contribution in [0.5, 0.6) is 0 Å². The summed E-state index contributed by atoms with van der Waals surface area (Å²) in [6, 6.07) is 108. The van der Waals surface area contributed by atoms with Crippen molar-refractivity contribution in [3.63, 3.8) is 0 Å². The summed E-state index contributed by atoms with van der Waals surface area (Å²) in [5.74, 6) is 0. The number of hydrogen-bond acceptors (Lipinski definition) is 2. The molecule has 0 atom stereocenters. The Morgan fingerprint density at radius 3 is 0.921 bits per heavy atom. The molecule has 0 unspecified atom stereocenters. The number of benzene rings is 15. The van der Waals surface area contributed by atoms with Crippen LogP contribution in [0.4, 0.5) is 34.1 Å². The molecule has 0 radical (unpaired) electrons. The summed E-state index contributed by atoms with van der Waals surface area (Å²) >= 11 is 0. The van der Waals surface area contributed by atoms with Crippen LogP contribution in [0.1, 0.15) is 0 Å². The molecule has 0 aliphatic rings. The lowest BCUT2D eigenvalue weighted by Crippen LogP contribution is -2.11. The summed E-state index contributed by atoms with van der Waals surface area (Å²) in [5, 5.41) is 19.3. The Hall–Kier alpha value is -10.0. The van der Waals surface area contributed by atoms with E-state index in [4.69, 9.17) is 0 Å². The van der Waals surface area contributed by atoms with Crippen LogP contribution in [0.25, 0.3) is 108 Å². The Morgan fingerprint density at radius 1 is 0.171 bits per heavy atom. The first-order valence-corrected chi connectivity index (χ1v) is 26.2. The van der Waals surface area contributed by atoms with Crippen molar-refractivity contribution in [1.82, 2.24) is 0 Å². The predicted octanol–water partition coefficient (Wildman–Crippen LogP) is 21.2. The van der Waals surface area contributed by atoms with Crippen LogP contribution >= 0.6 is 0 Å². The minimum atomic E-state index is 1.08. The third-order valence-electron chi connectivity index (χ3n) is 15.7. The molecule has 15 aromatic rings. The zero-order valence-electron chi connectivity index (χ0n) is 41.6. The van der Waals surface area contributed by atoms with Crippen LogP contribution in [0.15, 0.2) is 291 Å². The summed E-state index contributed by atoms with van der Waals surface area (Å²) in [4.78, 5) is 4.90. The van der Waals surface area contributed by atoms with Crippen molar-refractivity contribution < 1.29 is 0 Å². The molecular formula is C74H48N2. The van der Waals surface area contributed by atoms with E-state index in [0.29, 0.717) is 0 Å². The van der Waals surface area contributed by atoms with E-state index >= 15 is 0 Å². The fraction of sp³-hybridized carbons (Fsp3) is 0. The first-order chi connectivity index (χ1) is 37.7. The van der Waals surface area contributed by atoms with Gasteiger partial charge in [-0.2, -0.15) is 0 Å². The lowest BCUT2D eigenvalue weighted by molar-refractivity contribution is 1.30. The quantitative estimate of drug-likeness (QED) is 0.111. The molecule has 0 aliphatic heterocycles. The standard InChI is InChI=1S/C74H48N2/c1-3-27-53(28-4-1)75(71-39-19-25-49-21-7-13-33-59(49)71)55-41-43-65-69(47-55)73(67-45-51-23-9-11-31-57(51)61-35-15-17-37-63(61)67)66-44-42-56(76(54-29-5-2-6-30-54)72-40-20-26-50-22-8-14-34-60(50)72)48-70(66)74(65)68-46-52-24-10-12-32-58(52)62-36-16-18-38-64(62)68/h1-48H. The van der Waals surface area contributed by atoms with Crippen LogP contribution in [0.3, 0.4) is 0 Å². The lowest BCUT2D eigenvalue weighted by atomic mass is 9.82. The van der Waals surface area contributed by atoms with Gasteiger partial charge in [0.25, 0.3) is 0 Å². The molecule has 2 heteroatoms. The number of fused-ring (bicyclic) bond motifs is 10. The predicted molar refractivity (Wildman–Crippen MR) is 327 cm³/mol. The maximum Gasteiger partial charge on any atom is 0.0540 e. The Balaban J connectivity index is 1.13. The van der Waals surface area contributed by atoms with E-state index in [0.717, 1.165) is 34.1 Å². The van der Waals surface area contributed by atoms with E-state index in [-0.39, 0.29) is 0 Å². The number of rotatable bonds is 8. The molecule has 2 nitrogen and oxygen atoms in total. The topological polar surface area (TPSA) is 6.48 Å². The number of nitrogens with zero attached hydrogens (tertiary/aromatic N) is 2. The Morgan fingerprint density at radius 2 is 0.500 bits per heavy atom. The van der Waals surface area contributed by atoms with E-state index < -0.39 is 0 Å². The highest BCUT2D eigenvalue weighted by atomic mass is 15.1. The zero-order chi connectivity index (χ0) is 50.1. The molecule has 0 saturated heterocycles. The third-order valence-corrected chi connectivity index (χ3v) is 15.7. The minimum Gasteiger partial charge on any atom is -0.310 e. The van der Waals surface area contributed by atoms with Crippen molar-refractivity contribution in [2.24, 2.45) is 0 Å². The highest BCUT2D eigenvalue weighted by Crippen LogP contribution is 2.52. The summed E-state index contributed by atoms with van der Waals surface area (Å²) in [7, 11) is 0. The average molecular weight is 965 g/mol. The maximum atomic E-state index is 2.48. The maximum absolute atomic E-state index is 2.48. The normalized spacial score (nSPS) is 11.7. The summed E-state index contributed by atoms with van der Waals surface area (Å²) in [6.45, 7) is 0. The van der Waals surface area contributed by atoms with Crippen LogP contribution in [0, 0.1) is 0 Å². The Labute approximate surface area is 441 Å². The van der Waals surface area contributed by atoms with E-state index in [1.165, 1.54) is 108 Å². The van der Waals surface area contributed by atoms with E-state index in [2.05, 4.69) is 301 Å². The number of anilines is 6. The van der Waals surface area contributed by atoms with Crippen LogP contribution in [-0.2, 0) is 0 Å². The number of hydrogen-bond donors (Lipinski definition) is 0. The Kier molecular flexibility index (Phi) is 10.2. The molecule has 15 rings (SSSR count). The fourth-order valence-electron chi connectivity index (χ4n) is 12.4. The zero-order valence-corrected chi connectivity index (χ0v) is 41.6. The van der Waals surface area contributed by atoms with Crippen molar-refractivity contribution in [2.45, 2.75) is 0 Å². The lowest BCUT2D eigenvalue weighted by Gasteiger charge is -2.29. The molecule has 0 spiro atoms. The second-order valence-electron chi connectivity index (χ2n) is 19.9. The molecule has 0 aromatic heterocycles. The second-order valence-corrected chi connectivity index (χ2v) is 19.9. The van der Waals surface area contributed by atoms with Crippen LogP contribution < -0.4 is 9.80 Å².